The Hall–Kier alpha value is -0.940. The fourth-order valence-corrected chi connectivity index (χ4v) is 1.19. The maximum absolute atomic E-state index is 5.86. The molecule has 2 unspecified atom stereocenters. The molecule has 5 heteroatoms. The molecule has 0 spiro atoms. The van der Waals surface area contributed by atoms with Crippen molar-refractivity contribution in [3.05, 3.63) is 11.7 Å². The Labute approximate surface area is 96.4 Å². The molecule has 2 N–H and O–H groups in total. The quantitative estimate of drug-likeness (QED) is 0.803. The lowest BCUT2D eigenvalue weighted by Crippen LogP contribution is -2.18. The molecule has 5 nitrogen and oxygen atoms in total. The van der Waals surface area contributed by atoms with Crippen LogP contribution in [0.15, 0.2) is 4.52 Å². The number of rotatable bonds is 6. The largest absolute Gasteiger partial charge is 0.380 e. The number of nitrogens with zero attached hydrogens (tertiary/aromatic N) is 2. The summed E-state index contributed by atoms with van der Waals surface area (Å²) in [6, 6.07) is -0.309. The van der Waals surface area contributed by atoms with Gasteiger partial charge < -0.3 is 15.0 Å². The number of aromatic nitrogens is 2. The number of ether oxygens (including phenoxy) is 1. The summed E-state index contributed by atoms with van der Waals surface area (Å²) >= 11 is 0. The highest BCUT2D eigenvalue weighted by molar-refractivity contribution is 4.97. The predicted molar refractivity (Wildman–Crippen MR) is 61.0 cm³/mol. The van der Waals surface area contributed by atoms with Gasteiger partial charge in [-0.2, -0.15) is 4.98 Å². The van der Waals surface area contributed by atoms with Crippen LogP contribution in [0.4, 0.5) is 0 Å². The Balaban J connectivity index is 2.63. The van der Waals surface area contributed by atoms with Crippen molar-refractivity contribution in [2.24, 2.45) is 11.7 Å². The second-order valence-electron chi connectivity index (χ2n) is 4.29. The van der Waals surface area contributed by atoms with Crippen molar-refractivity contribution in [2.45, 2.75) is 39.7 Å². The standard InChI is InChI=1S/C11H21N3O2/c1-5-15-6-9(12)10-13-11(16-14-10)8(4)7(2)3/h7-9H,5-6,12H2,1-4H3. The topological polar surface area (TPSA) is 74.2 Å². The summed E-state index contributed by atoms with van der Waals surface area (Å²) in [5, 5.41) is 3.88. The average Bonchev–Trinajstić information content (AvgIpc) is 2.73. The van der Waals surface area contributed by atoms with Crippen LogP contribution in [-0.4, -0.2) is 23.4 Å². The van der Waals surface area contributed by atoms with Gasteiger partial charge >= 0.3 is 0 Å². The highest BCUT2D eigenvalue weighted by Gasteiger charge is 2.20. The smallest absolute Gasteiger partial charge is 0.229 e. The average molecular weight is 227 g/mol. The maximum atomic E-state index is 5.86. The van der Waals surface area contributed by atoms with E-state index in [1.807, 2.05) is 6.92 Å². The molecule has 0 aromatic carbocycles. The van der Waals surface area contributed by atoms with Crippen LogP contribution in [-0.2, 0) is 4.74 Å². The zero-order valence-electron chi connectivity index (χ0n) is 10.4. The lowest BCUT2D eigenvalue weighted by Gasteiger charge is -2.09. The molecule has 0 aliphatic heterocycles. The third-order valence-electron chi connectivity index (χ3n) is 2.68. The van der Waals surface area contributed by atoms with Gasteiger partial charge in [0.2, 0.25) is 5.89 Å². The minimum Gasteiger partial charge on any atom is -0.380 e. The van der Waals surface area contributed by atoms with Crippen molar-refractivity contribution in [3.8, 4) is 0 Å². The molecule has 92 valence electrons. The Morgan fingerprint density at radius 1 is 1.38 bits per heavy atom. The van der Waals surface area contributed by atoms with Crippen LogP contribution in [0.5, 0.6) is 0 Å². The molecule has 0 fully saturated rings. The maximum Gasteiger partial charge on any atom is 0.229 e. The molecule has 1 heterocycles. The SMILES string of the molecule is CCOCC(N)c1noc(C(C)C(C)C)n1. The Bertz CT molecular complexity index is 312. The van der Waals surface area contributed by atoms with Crippen molar-refractivity contribution in [2.75, 3.05) is 13.2 Å². The molecule has 0 aliphatic rings. The Kier molecular flexibility index (Phi) is 4.89. The lowest BCUT2D eigenvalue weighted by molar-refractivity contribution is 0.130. The van der Waals surface area contributed by atoms with Gasteiger partial charge in [0.15, 0.2) is 5.82 Å². The Morgan fingerprint density at radius 2 is 2.06 bits per heavy atom. The normalized spacial score (nSPS) is 15.4. The minimum atomic E-state index is -0.309. The van der Waals surface area contributed by atoms with Gasteiger partial charge in [-0.25, -0.2) is 0 Å². The highest BCUT2D eigenvalue weighted by Crippen LogP contribution is 2.22. The third-order valence-corrected chi connectivity index (χ3v) is 2.68. The van der Waals surface area contributed by atoms with E-state index in [0.29, 0.717) is 30.8 Å². The van der Waals surface area contributed by atoms with Gasteiger partial charge in [-0.05, 0) is 12.8 Å². The second kappa shape index (κ2) is 5.96. The molecule has 16 heavy (non-hydrogen) atoms. The van der Waals surface area contributed by atoms with Gasteiger partial charge in [-0.1, -0.05) is 25.9 Å². The first-order valence-electron chi connectivity index (χ1n) is 5.73. The summed E-state index contributed by atoms with van der Waals surface area (Å²) < 4.78 is 10.4. The molecule has 0 saturated heterocycles. The van der Waals surface area contributed by atoms with E-state index in [-0.39, 0.29) is 12.0 Å². The highest BCUT2D eigenvalue weighted by atomic mass is 16.5. The predicted octanol–water partition coefficient (Wildman–Crippen LogP) is 1.87. The first kappa shape index (κ1) is 13.1. The zero-order chi connectivity index (χ0) is 12.1. The Morgan fingerprint density at radius 3 is 2.62 bits per heavy atom. The summed E-state index contributed by atoms with van der Waals surface area (Å²) in [7, 11) is 0. The van der Waals surface area contributed by atoms with Crippen LogP contribution in [0, 0.1) is 5.92 Å². The molecule has 0 radical (unpaired) electrons. The van der Waals surface area contributed by atoms with Crippen LogP contribution in [0.3, 0.4) is 0 Å². The van der Waals surface area contributed by atoms with Gasteiger partial charge in [0.05, 0.1) is 12.6 Å². The van der Waals surface area contributed by atoms with Crippen LogP contribution in [0.2, 0.25) is 0 Å². The van der Waals surface area contributed by atoms with Crippen molar-refractivity contribution < 1.29 is 9.26 Å². The van der Waals surface area contributed by atoms with E-state index >= 15 is 0 Å². The van der Waals surface area contributed by atoms with Crippen LogP contribution in [0.25, 0.3) is 0 Å². The van der Waals surface area contributed by atoms with Crippen molar-refractivity contribution in [1.82, 2.24) is 10.1 Å². The minimum absolute atomic E-state index is 0.251. The van der Waals surface area contributed by atoms with E-state index in [9.17, 15) is 0 Å². The molecule has 2 atom stereocenters. The lowest BCUT2D eigenvalue weighted by atomic mass is 9.98. The summed E-state index contributed by atoms with van der Waals surface area (Å²) in [6.45, 7) is 9.29. The fraction of sp³-hybridized carbons (Fsp3) is 0.818. The number of nitrogens with two attached hydrogens (primary N) is 1. The van der Waals surface area contributed by atoms with Gasteiger partial charge in [-0.3, -0.25) is 0 Å². The van der Waals surface area contributed by atoms with E-state index < -0.39 is 0 Å². The van der Waals surface area contributed by atoms with Crippen molar-refractivity contribution in [1.29, 1.82) is 0 Å². The molecule has 0 saturated carbocycles. The van der Waals surface area contributed by atoms with Gasteiger partial charge in [-0.15, -0.1) is 0 Å². The number of hydrogen-bond donors (Lipinski definition) is 1. The fourth-order valence-electron chi connectivity index (χ4n) is 1.19. The van der Waals surface area contributed by atoms with Gasteiger partial charge in [0.25, 0.3) is 0 Å². The molecular formula is C11H21N3O2. The summed E-state index contributed by atoms with van der Waals surface area (Å²) in [4.78, 5) is 4.30. The van der Waals surface area contributed by atoms with E-state index in [4.69, 9.17) is 15.0 Å². The zero-order valence-corrected chi connectivity index (χ0v) is 10.4. The molecule has 1 aromatic rings. The monoisotopic (exact) mass is 227 g/mol. The van der Waals surface area contributed by atoms with Crippen molar-refractivity contribution in [3.63, 3.8) is 0 Å². The molecule has 0 aliphatic carbocycles. The van der Waals surface area contributed by atoms with Gasteiger partial charge in [0, 0.05) is 12.5 Å². The molecular weight excluding hydrogens is 206 g/mol. The van der Waals surface area contributed by atoms with Gasteiger partial charge in [0.1, 0.15) is 0 Å². The van der Waals surface area contributed by atoms with E-state index in [1.165, 1.54) is 0 Å². The van der Waals surface area contributed by atoms with E-state index in [0.717, 1.165) is 0 Å². The summed E-state index contributed by atoms with van der Waals surface area (Å²) in [5.74, 6) is 1.89. The number of hydrogen-bond acceptors (Lipinski definition) is 5. The molecule has 0 amide bonds. The first-order valence-corrected chi connectivity index (χ1v) is 5.73. The van der Waals surface area contributed by atoms with Crippen LogP contribution >= 0.6 is 0 Å². The van der Waals surface area contributed by atoms with Crippen LogP contribution in [0.1, 0.15) is 51.4 Å². The van der Waals surface area contributed by atoms with E-state index in [2.05, 4.69) is 30.9 Å². The second-order valence-corrected chi connectivity index (χ2v) is 4.29. The summed E-state index contributed by atoms with van der Waals surface area (Å²) in [5.41, 5.74) is 5.86. The van der Waals surface area contributed by atoms with E-state index in [1.54, 1.807) is 0 Å². The molecule has 1 aromatic heterocycles. The van der Waals surface area contributed by atoms with Crippen LogP contribution < -0.4 is 5.73 Å². The van der Waals surface area contributed by atoms with Crippen molar-refractivity contribution >= 4 is 0 Å². The third kappa shape index (κ3) is 3.28. The first-order chi connectivity index (χ1) is 7.56. The summed E-state index contributed by atoms with van der Waals surface area (Å²) in [6.07, 6.45) is 0. The molecule has 1 rings (SSSR count). The molecule has 0 bridgehead atoms.